The summed E-state index contributed by atoms with van der Waals surface area (Å²) in [4.78, 5) is 0. The fourth-order valence-electron chi connectivity index (χ4n) is 3.51. The first kappa shape index (κ1) is 15.4. The second-order valence-electron chi connectivity index (χ2n) is 6.29. The van der Waals surface area contributed by atoms with Crippen LogP contribution < -0.4 is 4.74 Å². The first-order valence-corrected chi connectivity index (χ1v) is 8.53. The van der Waals surface area contributed by atoms with Gasteiger partial charge in [0.15, 0.2) is 0 Å². The van der Waals surface area contributed by atoms with E-state index in [1.54, 1.807) is 0 Å². The van der Waals surface area contributed by atoms with Gasteiger partial charge in [-0.25, -0.2) is 0 Å². The molecule has 0 bridgehead atoms. The van der Waals surface area contributed by atoms with Crippen LogP contribution in [0.2, 0.25) is 0 Å². The van der Waals surface area contributed by atoms with Gasteiger partial charge in [-0.1, -0.05) is 57.6 Å². The predicted octanol–water partition coefficient (Wildman–Crippen LogP) is 5.62. The van der Waals surface area contributed by atoms with E-state index < -0.39 is 0 Å². The van der Waals surface area contributed by atoms with Crippen LogP contribution in [-0.2, 0) is 6.42 Å². The van der Waals surface area contributed by atoms with E-state index in [0.717, 1.165) is 24.2 Å². The van der Waals surface area contributed by atoms with E-state index in [2.05, 4.69) is 31.2 Å². The minimum atomic E-state index is 0.750. The summed E-state index contributed by atoms with van der Waals surface area (Å²) in [5.74, 6) is 2.99. The van der Waals surface area contributed by atoms with E-state index in [0.29, 0.717) is 0 Å². The molecular weight excluding hydrogens is 244 g/mol. The first-order chi connectivity index (χ1) is 9.81. The van der Waals surface area contributed by atoms with Crippen LogP contribution in [0.15, 0.2) is 24.3 Å². The van der Waals surface area contributed by atoms with E-state index in [4.69, 9.17) is 4.74 Å². The van der Waals surface area contributed by atoms with Crippen LogP contribution in [0.3, 0.4) is 0 Å². The van der Waals surface area contributed by atoms with Crippen molar-refractivity contribution in [2.45, 2.75) is 65.2 Å². The lowest BCUT2D eigenvalue weighted by molar-refractivity contribution is 0.252. The van der Waals surface area contributed by atoms with Crippen LogP contribution in [0, 0.1) is 11.8 Å². The van der Waals surface area contributed by atoms with Crippen molar-refractivity contribution in [2.24, 2.45) is 11.8 Å². The Balaban J connectivity index is 1.70. The van der Waals surface area contributed by atoms with E-state index in [9.17, 15) is 0 Å². The van der Waals surface area contributed by atoms with Gasteiger partial charge in [0, 0.05) is 0 Å². The molecular formula is C19H30O. The summed E-state index contributed by atoms with van der Waals surface area (Å²) < 4.78 is 5.49. The predicted molar refractivity (Wildman–Crippen MR) is 86.3 cm³/mol. The molecule has 0 amide bonds. The third-order valence-electron chi connectivity index (χ3n) is 4.74. The molecule has 112 valence electrons. The number of aryl methyl sites for hydroxylation is 1. The third kappa shape index (κ3) is 4.85. The van der Waals surface area contributed by atoms with Gasteiger partial charge in [-0.15, -0.1) is 0 Å². The number of hydrogen-bond donors (Lipinski definition) is 0. The van der Waals surface area contributed by atoms with Crippen LogP contribution in [0.25, 0.3) is 0 Å². The van der Waals surface area contributed by atoms with E-state index in [-0.39, 0.29) is 0 Å². The maximum Gasteiger partial charge on any atom is 0.119 e. The molecule has 1 heteroatoms. The highest BCUT2D eigenvalue weighted by Crippen LogP contribution is 2.33. The lowest BCUT2D eigenvalue weighted by atomic mass is 9.78. The van der Waals surface area contributed by atoms with Crippen molar-refractivity contribution in [3.63, 3.8) is 0 Å². The molecule has 0 spiro atoms. The average Bonchev–Trinajstić information content (AvgIpc) is 2.49. The zero-order chi connectivity index (χ0) is 14.2. The Kier molecular flexibility index (Phi) is 6.42. The summed E-state index contributed by atoms with van der Waals surface area (Å²) in [6.07, 6.45) is 11.3. The summed E-state index contributed by atoms with van der Waals surface area (Å²) in [6, 6.07) is 8.68. The molecule has 2 rings (SSSR count). The monoisotopic (exact) mass is 274 g/mol. The summed E-state index contributed by atoms with van der Waals surface area (Å²) in [5.41, 5.74) is 1.46. The van der Waals surface area contributed by atoms with Crippen molar-refractivity contribution in [2.75, 3.05) is 6.61 Å². The summed E-state index contributed by atoms with van der Waals surface area (Å²) in [5, 5.41) is 0. The number of benzene rings is 1. The molecule has 0 aromatic heterocycles. The summed E-state index contributed by atoms with van der Waals surface area (Å²) in [7, 11) is 0. The lowest BCUT2D eigenvalue weighted by Crippen LogP contribution is -2.15. The quantitative estimate of drug-likeness (QED) is 0.626. The Labute approximate surface area is 124 Å². The van der Waals surface area contributed by atoms with Crippen LogP contribution in [0.5, 0.6) is 5.75 Å². The molecule has 1 saturated carbocycles. The van der Waals surface area contributed by atoms with E-state index in [1.165, 1.54) is 56.9 Å². The maximum absolute atomic E-state index is 5.49. The van der Waals surface area contributed by atoms with Crippen molar-refractivity contribution < 1.29 is 4.74 Å². The molecule has 0 radical (unpaired) electrons. The van der Waals surface area contributed by atoms with Crippen LogP contribution in [0.1, 0.15) is 64.4 Å². The minimum Gasteiger partial charge on any atom is -0.494 e. The molecule has 1 nitrogen and oxygen atoms in total. The zero-order valence-electron chi connectivity index (χ0n) is 13.2. The molecule has 0 atom stereocenters. The normalized spacial score (nSPS) is 22.7. The molecule has 0 saturated heterocycles. The SMILES string of the molecule is CCC[C@H]1CC[C@H](CCc2ccc(OCC)cc2)CC1. The molecule has 0 heterocycles. The molecule has 1 aromatic rings. The Hall–Kier alpha value is -0.980. The summed E-state index contributed by atoms with van der Waals surface area (Å²) >= 11 is 0. The highest BCUT2D eigenvalue weighted by Gasteiger charge is 2.20. The highest BCUT2D eigenvalue weighted by atomic mass is 16.5. The molecule has 20 heavy (non-hydrogen) atoms. The minimum absolute atomic E-state index is 0.750. The van der Waals surface area contributed by atoms with Crippen molar-refractivity contribution in [1.82, 2.24) is 0 Å². The average molecular weight is 274 g/mol. The van der Waals surface area contributed by atoms with Crippen molar-refractivity contribution in [3.05, 3.63) is 29.8 Å². The molecule has 0 unspecified atom stereocenters. The second-order valence-corrected chi connectivity index (χ2v) is 6.29. The zero-order valence-corrected chi connectivity index (χ0v) is 13.2. The number of ether oxygens (including phenoxy) is 1. The van der Waals surface area contributed by atoms with E-state index >= 15 is 0 Å². The van der Waals surface area contributed by atoms with Gasteiger partial charge in [0.25, 0.3) is 0 Å². The first-order valence-electron chi connectivity index (χ1n) is 8.53. The fraction of sp³-hybridized carbons (Fsp3) is 0.684. The number of hydrogen-bond acceptors (Lipinski definition) is 1. The molecule has 1 aliphatic carbocycles. The Bertz CT molecular complexity index is 360. The third-order valence-corrected chi connectivity index (χ3v) is 4.74. The van der Waals surface area contributed by atoms with Crippen LogP contribution >= 0.6 is 0 Å². The molecule has 0 aliphatic heterocycles. The van der Waals surface area contributed by atoms with Crippen molar-refractivity contribution in [1.29, 1.82) is 0 Å². The van der Waals surface area contributed by atoms with Crippen LogP contribution in [-0.4, -0.2) is 6.61 Å². The van der Waals surface area contributed by atoms with Gasteiger partial charge in [0.2, 0.25) is 0 Å². The van der Waals surface area contributed by atoms with Gasteiger partial charge in [-0.05, 0) is 49.3 Å². The second kappa shape index (κ2) is 8.34. The topological polar surface area (TPSA) is 9.23 Å². The standard InChI is InChI=1S/C19H30O/c1-3-5-16-6-8-17(9-7-16)10-11-18-12-14-19(15-13-18)20-4-2/h12-17H,3-11H2,1-2H3/t16-,17-. The van der Waals surface area contributed by atoms with Gasteiger partial charge < -0.3 is 4.74 Å². The molecule has 0 N–H and O–H groups in total. The van der Waals surface area contributed by atoms with Gasteiger partial charge in [-0.3, -0.25) is 0 Å². The Morgan fingerprint density at radius 1 is 0.900 bits per heavy atom. The smallest absolute Gasteiger partial charge is 0.119 e. The fourth-order valence-corrected chi connectivity index (χ4v) is 3.51. The maximum atomic E-state index is 5.49. The van der Waals surface area contributed by atoms with E-state index in [1.807, 2.05) is 6.92 Å². The van der Waals surface area contributed by atoms with Gasteiger partial charge in [0.1, 0.15) is 5.75 Å². The number of rotatable bonds is 7. The molecule has 1 fully saturated rings. The van der Waals surface area contributed by atoms with Crippen LogP contribution in [0.4, 0.5) is 0 Å². The summed E-state index contributed by atoms with van der Waals surface area (Å²) in [6.45, 7) is 5.10. The van der Waals surface area contributed by atoms with Gasteiger partial charge >= 0.3 is 0 Å². The van der Waals surface area contributed by atoms with Gasteiger partial charge in [0.05, 0.1) is 6.61 Å². The molecule has 1 aliphatic rings. The Morgan fingerprint density at radius 2 is 1.50 bits per heavy atom. The largest absolute Gasteiger partial charge is 0.494 e. The molecule has 1 aromatic carbocycles. The highest BCUT2D eigenvalue weighted by molar-refractivity contribution is 5.27. The lowest BCUT2D eigenvalue weighted by Gasteiger charge is -2.28. The van der Waals surface area contributed by atoms with Crippen molar-refractivity contribution >= 4 is 0 Å². The van der Waals surface area contributed by atoms with Crippen molar-refractivity contribution in [3.8, 4) is 5.75 Å². The van der Waals surface area contributed by atoms with Gasteiger partial charge in [-0.2, -0.15) is 0 Å². The Morgan fingerprint density at radius 3 is 2.05 bits per heavy atom.